The average Bonchev–Trinajstić information content (AvgIpc) is 2.75. The molecule has 90 valence electrons. The standard InChI is InChI=1S/C13H8F2N2O/c14-8-2-4-12-11(6-8)17-13(18-12)7-1-3-10(16)9(15)5-7/h1-6H,16H2. The lowest BCUT2D eigenvalue weighted by molar-refractivity contribution is 0.609. The number of rotatable bonds is 1. The van der Waals surface area contributed by atoms with Crippen LogP contribution in [0, 0.1) is 11.6 Å². The summed E-state index contributed by atoms with van der Waals surface area (Å²) in [7, 11) is 0. The lowest BCUT2D eigenvalue weighted by atomic mass is 10.2. The van der Waals surface area contributed by atoms with E-state index in [0.29, 0.717) is 16.7 Å². The highest BCUT2D eigenvalue weighted by atomic mass is 19.1. The minimum Gasteiger partial charge on any atom is -0.436 e. The lowest BCUT2D eigenvalue weighted by Crippen LogP contribution is -1.90. The Hall–Kier alpha value is -2.43. The highest BCUT2D eigenvalue weighted by Crippen LogP contribution is 2.26. The van der Waals surface area contributed by atoms with Gasteiger partial charge in [-0.25, -0.2) is 13.8 Å². The molecule has 2 aromatic carbocycles. The van der Waals surface area contributed by atoms with E-state index in [4.69, 9.17) is 10.2 Å². The predicted octanol–water partition coefficient (Wildman–Crippen LogP) is 3.36. The van der Waals surface area contributed by atoms with Gasteiger partial charge in [-0.05, 0) is 30.3 Å². The predicted molar refractivity (Wildman–Crippen MR) is 63.8 cm³/mol. The van der Waals surface area contributed by atoms with Gasteiger partial charge in [-0.3, -0.25) is 0 Å². The summed E-state index contributed by atoms with van der Waals surface area (Å²) in [4.78, 5) is 4.10. The summed E-state index contributed by atoms with van der Waals surface area (Å²) in [5.74, 6) is -0.707. The number of nitrogens with two attached hydrogens (primary N) is 1. The number of aromatic nitrogens is 1. The van der Waals surface area contributed by atoms with Crippen LogP contribution in [-0.4, -0.2) is 4.98 Å². The smallest absolute Gasteiger partial charge is 0.227 e. The third-order valence-corrected chi connectivity index (χ3v) is 2.60. The average molecular weight is 246 g/mol. The molecule has 0 aliphatic carbocycles. The lowest BCUT2D eigenvalue weighted by Gasteiger charge is -1.98. The molecule has 0 saturated carbocycles. The van der Waals surface area contributed by atoms with E-state index >= 15 is 0 Å². The number of anilines is 1. The zero-order chi connectivity index (χ0) is 12.7. The minimum atomic E-state index is -0.541. The summed E-state index contributed by atoms with van der Waals surface area (Å²) in [6.07, 6.45) is 0. The largest absolute Gasteiger partial charge is 0.436 e. The molecule has 3 aromatic rings. The van der Waals surface area contributed by atoms with Crippen molar-refractivity contribution in [1.29, 1.82) is 0 Å². The Morgan fingerprint density at radius 2 is 1.89 bits per heavy atom. The first kappa shape index (κ1) is 10.7. The van der Waals surface area contributed by atoms with Gasteiger partial charge in [-0.15, -0.1) is 0 Å². The van der Waals surface area contributed by atoms with E-state index in [2.05, 4.69) is 4.98 Å². The molecule has 3 nitrogen and oxygen atoms in total. The maximum Gasteiger partial charge on any atom is 0.227 e. The van der Waals surface area contributed by atoms with Gasteiger partial charge in [-0.2, -0.15) is 0 Å². The first-order valence-electron chi connectivity index (χ1n) is 5.25. The molecule has 2 N–H and O–H groups in total. The normalized spacial score (nSPS) is 11.0. The van der Waals surface area contributed by atoms with Gasteiger partial charge in [-0.1, -0.05) is 0 Å². The van der Waals surface area contributed by atoms with E-state index in [0.717, 1.165) is 0 Å². The van der Waals surface area contributed by atoms with Crippen molar-refractivity contribution >= 4 is 16.8 Å². The van der Waals surface area contributed by atoms with E-state index in [1.807, 2.05) is 0 Å². The number of hydrogen-bond donors (Lipinski definition) is 1. The van der Waals surface area contributed by atoms with Crippen molar-refractivity contribution in [3.63, 3.8) is 0 Å². The molecule has 3 rings (SSSR count). The molecule has 0 amide bonds. The SMILES string of the molecule is Nc1ccc(-c2nc3cc(F)ccc3o2)cc1F. The van der Waals surface area contributed by atoms with Crippen LogP contribution in [0.15, 0.2) is 40.8 Å². The van der Waals surface area contributed by atoms with E-state index in [9.17, 15) is 8.78 Å². The van der Waals surface area contributed by atoms with Crippen LogP contribution >= 0.6 is 0 Å². The molecular weight excluding hydrogens is 238 g/mol. The van der Waals surface area contributed by atoms with Crippen molar-refractivity contribution in [2.75, 3.05) is 5.73 Å². The molecule has 5 heteroatoms. The number of halogens is 2. The first-order chi connectivity index (χ1) is 8.63. The van der Waals surface area contributed by atoms with Gasteiger partial charge in [0.25, 0.3) is 0 Å². The Bertz CT molecular complexity index is 737. The van der Waals surface area contributed by atoms with E-state index in [1.165, 1.54) is 30.3 Å². The number of nitrogen functional groups attached to an aromatic ring is 1. The molecule has 0 fully saturated rings. The Morgan fingerprint density at radius 1 is 1.06 bits per heavy atom. The molecule has 0 bridgehead atoms. The summed E-state index contributed by atoms with van der Waals surface area (Å²) in [5.41, 5.74) is 6.74. The van der Waals surface area contributed by atoms with Crippen LogP contribution in [0.4, 0.5) is 14.5 Å². The van der Waals surface area contributed by atoms with Crippen LogP contribution in [0.1, 0.15) is 0 Å². The van der Waals surface area contributed by atoms with Gasteiger partial charge >= 0.3 is 0 Å². The van der Waals surface area contributed by atoms with Crippen LogP contribution in [0.5, 0.6) is 0 Å². The van der Waals surface area contributed by atoms with E-state index in [1.54, 1.807) is 6.07 Å². The Labute approximate surface area is 101 Å². The monoisotopic (exact) mass is 246 g/mol. The number of oxazole rings is 1. The first-order valence-corrected chi connectivity index (χ1v) is 5.25. The van der Waals surface area contributed by atoms with Gasteiger partial charge < -0.3 is 10.2 Å². The highest BCUT2D eigenvalue weighted by molar-refractivity contribution is 5.76. The molecule has 0 unspecified atom stereocenters. The van der Waals surface area contributed by atoms with Crippen molar-refractivity contribution in [2.45, 2.75) is 0 Å². The number of fused-ring (bicyclic) bond motifs is 1. The van der Waals surface area contributed by atoms with Crippen molar-refractivity contribution in [2.24, 2.45) is 0 Å². The van der Waals surface area contributed by atoms with Crippen LogP contribution in [0.25, 0.3) is 22.6 Å². The van der Waals surface area contributed by atoms with Gasteiger partial charge in [0.2, 0.25) is 5.89 Å². The molecule has 0 aliphatic rings. The van der Waals surface area contributed by atoms with Gasteiger partial charge in [0.05, 0.1) is 5.69 Å². The topological polar surface area (TPSA) is 52.0 Å². The third-order valence-electron chi connectivity index (χ3n) is 2.60. The van der Waals surface area contributed by atoms with Crippen LogP contribution in [0.3, 0.4) is 0 Å². The maximum atomic E-state index is 13.3. The van der Waals surface area contributed by atoms with Crippen molar-refractivity contribution < 1.29 is 13.2 Å². The molecule has 0 spiro atoms. The van der Waals surface area contributed by atoms with Crippen LogP contribution < -0.4 is 5.73 Å². The second-order valence-corrected chi connectivity index (χ2v) is 3.87. The molecule has 0 aliphatic heterocycles. The minimum absolute atomic E-state index is 0.0564. The highest BCUT2D eigenvalue weighted by Gasteiger charge is 2.10. The fourth-order valence-electron chi connectivity index (χ4n) is 1.68. The Morgan fingerprint density at radius 3 is 2.67 bits per heavy atom. The van der Waals surface area contributed by atoms with Gasteiger partial charge in [0, 0.05) is 11.6 Å². The second kappa shape index (κ2) is 3.80. The fraction of sp³-hybridized carbons (Fsp3) is 0. The zero-order valence-corrected chi connectivity index (χ0v) is 9.15. The molecular formula is C13H8F2N2O. The van der Waals surface area contributed by atoms with Gasteiger partial charge in [0.15, 0.2) is 5.58 Å². The van der Waals surface area contributed by atoms with Crippen molar-refractivity contribution in [3.05, 3.63) is 48.0 Å². The molecule has 0 radical (unpaired) electrons. The summed E-state index contributed by atoms with van der Waals surface area (Å²) in [6.45, 7) is 0. The maximum absolute atomic E-state index is 13.3. The molecule has 1 heterocycles. The molecule has 0 atom stereocenters. The van der Waals surface area contributed by atoms with Crippen molar-refractivity contribution in [3.8, 4) is 11.5 Å². The van der Waals surface area contributed by atoms with E-state index in [-0.39, 0.29) is 11.6 Å². The third kappa shape index (κ3) is 1.69. The molecule has 1 aromatic heterocycles. The van der Waals surface area contributed by atoms with Crippen molar-refractivity contribution in [1.82, 2.24) is 4.98 Å². The number of hydrogen-bond acceptors (Lipinski definition) is 3. The van der Waals surface area contributed by atoms with Crippen LogP contribution in [0.2, 0.25) is 0 Å². The summed E-state index contributed by atoms with van der Waals surface area (Å²) in [6, 6.07) is 8.28. The van der Waals surface area contributed by atoms with E-state index < -0.39 is 11.6 Å². The Kier molecular flexibility index (Phi) is 2.26. The zero-order valence-electron chi connectivity index (χ0n) is 9.15. The molecule has 18 heavy (non-hydrogen) atoms. The second-order valence-electron chi connectivity index (χ2n) is 3.87. The van der Waals surface area contributed by atoms with Crippen LogP contribution in [-0.2, 0) is 0 Å². The summed E-state index contributed by atoms with van der Waals surface area (Å²) in [5, 5.41) is 0. The number of nitrogens with zero attached hydrogens (tertiary/aromatic N) is 1. The Balaban J connectivity index is 2.16. The quantitative estimate of drug-likeness (QED) is 0.670. The summed E-state index contributed by atoms with van der Waals surface area (Å²) >= 11 is 0. The fourth-order valence-corrected chi connectivity index (χ4v) is 1.68. The van der Waals surface area contributed by atoms with Gasteiger partial charge in [0.1, 0.15) is 17.2 Å². The summed E-state index contributed by atoms with van der Waals surface area (Å²) < 4.78 is 31.8. The number of benzene rings is 2. The molecule has 0 saturated heterocycles.